The second kappa shape index (κ2) is 5.47. The van der Waals surface area contributed by atoms with Gasteiger partial charge in [0.1, 0.15) is 11.8 Å². The molecule has 1 heterocycles. The highest BCUT2D eigenvalue weighted by atomic mass is 16.1. The van der Waals surface area contributed by atoms with E-state index in [9.17, 15) is 4.79 Å². The molecule has 0 aromatic carbocycles. The summed E-state index contributed by atoms with van der Waals surface area (Å²) in [5.74, 6) is -0.341. The van der Waals surface area contributed by atoms with Crippen molar-refractivity contribution >= 4 is 5.91 Å². The number of nitrogens with zero attached hydrogens (tertiary/aromatic N) is 3. The molecular weight excluding hydrogens is 204 g/mol. The zero-order chi connectivity index (χ0) is 12.0. The summed E-state index contributed by atoms with van der Waals surface area (Å²) in [5, 5.41) is 19.6. The number of hydrogen-bond acceptors (Lipinski definition) is 4. The monoisotopic (exact) mass is 214 g/mol. The molecule has 0 saturated carbocycles. The Labute approximate surface area is 93.3 Å². The molecule has 1 rings (SSSR count). The zero-order valence-corrected chi connectivity index (χ0v) is 8.77. The second-order valence-corrected chi connectivity index (χ2v) is 3.28. The number of carbonyl (C=O) groups excluding carboxylic acids is 1. The number of hydrogen-bond donors (Lipinski definition) is 1. The number of nitriles is 2. The summed E-state index contributed by atoms with van der Waals surface area (Å²) < 4.78 is 0. The van der Waals surface area contributed by atoms with Gasteiger partial charge in [-0.3, -0.25) is 4.79 Å². The fourth-order valence-electron chi connectivity index (χ4n) is 1.08. The van der Waals surface area contributed by atoms with Crippen LogP contribution in [0.15, 0.2) is 18.3 Å². The van der Waals surface area contributed by atoms with Crippen LogP contribution in [0.4, 0.5) is 0 Å². The van der Waals surface area contributed by atoms with Gasteiger partial charge in [0.15, 0.2) is 0 Å². The minimum atomic E-state index is -0.341. The third-order valence-electron chi connectivity index (χ3n) is 1.90. The lowest BCUT2D eigenvalue weighted by atomic mass is 10.2. The molecule has 0 aliphatic rings. The number of nitrogens with one attached hydrogen (secondary N) is 1. The second-order valence-electron chi connectivity index (χ2n) is 3.28. The quantitative estimate of drug-likeness (QED) is 0.812. The minimum Gasteiger partial charge on any atom is -0.347 e. The molecule has 80 valence electrons. The molecule has 0 bridgehead atoms. The maximum absolute atomic E-state index is 11.6. The van der Waals surface area contributed by atoms with Crippen LogP contribution in [0.2, 0.25) is 0 Å². The van der Waals surface area contributed by atoms with Crippen molar-refractivity contribution in [3.05, 3.63) is 29.6 Å². The third kappa shape index (κ3) is 3.07. The maximum atomic E-state index is 11.6. The molecule has 1 aromatic heterocycles. The topological polar surface area (TPSA) is 89.6 Å². The van der Waals surface area contributed by atoms with E-state index in [1.165, 1.54) is 18.3 Å². The first-order chi connectivity index (χ1) is 7.67. The Morgan fingerprint density at radius 2 is 2.31 bits per heavy atom. The van der Waals surface area contributed by atoms with Gasteiger partial charge in [-0.2, -0.15) is 10.5 Å². The maximum Gasteiger partial charge on any atom is 0.270 e. The molecule has 5 nitrogen and oxygen atoms in total. The van der Waals surface area contributed by atoms with Gasteiger partial charge >= 0.3 is 0 Å². The molecule has 0 fully saturated rings. The summed E-state index contributed by atoms with van der Waals surface area (Å²) in [6, 6.07) is 6.67. The molecule has 5 heteroatoms. The molecule has 0 saturated heterocycles. The van der Waals surface area contributed by atoms with E-state index >= 15 is 0 Å². The van der Waals surface area contributed by atoms with Crippen molar-refractivity contribution in [1.29, 1.82) is 10.5 Å². The lowest BCUT2D eigenvalue weighted by Crippen LogP contribution is -2.32. The molecule has 0 aliphatic heterocycles. The van der Waals surface area contributed by atoms with Gasteiger partial charge in [-0.1, -0.05) is 0 Å². The Morgan fingerprint density at radius 3 is 2.81 bits per heavy atom. The summed E-state index contributed by atoms with van der Waals surface area (Å²) in [6.07, 6.45) is 1.59. The third-order valence-corrected chi connectivity index (χ3v) is 1.90. The van der Waals surface area contributed by atoms with Crippen LogP contribution < -0.4 is 5.32 Å². The van der Waals surface area contributed by atoms with Crippen molar-refractivity contribution in [2.75, 3.05) is 0 Å². The molecule has 0 spiro atoms. The first-order valence-corrected chi connectivity index (χ1v) is 4.71. The van der Waals surface area contributed by atoms with Gasteiger partial charge in [-0.25, -0.2) is 4.98 Å². The fraction of sp³-hybridized carbons (Fsp3) is 0.273. The van der Waals surface area contributed by atoms with Crippen molar-refractivity contribution < 1.29 is 4.79 Å². The molecule has 1 unspecified atom stereocenters. The van der Waals surface area contributed by atoms with Crippen molar-refractivity contribution in [2.24, 2.45) is 0 Å². The fourth-order valence-corrected chi connectivity index (χ4v) is 1.08. The summed E-state index contributed by atoms with van der Waals surface area (Å²) in [4.78, 5) is 15.4. The van der Waals surface area contributed by atoms with Crippen molar-refractivity contribution in [1.82, 2.24) is 10.3 Å². The highest BCUT2D eigenvalue weighted by Crippen LogP contribution is 2.00. The van der Waals surface area contributed by atoms with Gasteiger partial charge in [-0.05, 0) is 19.1 Å². The van der Waals surface area contributed by atoms with E-state index < -0.39 is 0 Å². The summed E-state index contributed by atoms with van der Waals surface area (Å²) >= 11 is 0. The predicted octanol–water partition coefficient (Wildman–Crippen LogP) is 0.985. The highest BCUT2D eigenvalue weighted by Gasteiger charge is 2.10. The van der Waals surface area contributed by atoms with Crippen LogP contribution in [0.1, 0.15) is 29.4 Å². The molecule has 1 N–H and O–H groups in total. The van der Waals surface area contributed by atoms with Gasteiger partial charge in [0, 0.05) is 12.2 Å². The van der Waals surface area contributed by atoms with E-state index in [1.54, 1.807) is 6.92 Å². The summed E-state index contributed by atoms with van der Waals surface area (Å²) in [5.41, 5.74) is 0.644. The van der Waals surface area contributed by atoms with Crippen LogP contribution in [0.5, 0.6) is 0 Å². The molecular formula is C11H10N4O. The normalized spacial score (nSPS) is 10.9. The predicted molar refractivity (Wildman–Crippen MR) is 56.1 cm³/mol. The molecule has 1 aromatic rings. The minimum absolute atomic E-state index is 0.213. The Hall–Kier alpha value is -2.40. The molecule has 1 amide bonds. The van der Waals surface area contributed by atoms with Gasteiger partial charge in [0.05, 0.1) is 18.1 Å². The first kappa shape index (κ1) is 11.7. The van der Waals surface area contributed by atoms with E-state index in [2.05, 4.69) is 10.3 Å². The van der Waals surface area contributed by atoms with Crippen LogP contribution in [0.25, 0.3) is 0 Å². The van der Waals surface area contributed by atoms with E-state index in [0.29, 0.717) is 5.56 Å². The average molecular weight is 214 g/mol. The Bertz CT molecular complexity index is 452. The Kier molecular flexibility index (Phi) is 3.99. The largest absolute Gasteiger partial charge is 0.347 e. The van der Waals surface area contributed by atoms with E-state index in [4.69, 9.17) is 10.5 Å². The standard InChI is InChI=1S/C11H10N4O/c1-8(4-5-12)15-11(16)10-3-2-9(6-13)7-14-10/h2-3,7-8H,4H2,1H3,(H,15,16). The number of carbonyl (C=O) groups is 1. The van der Waals surface area contributed by atoms with E-state index in [0.717, 1.165) is 0 Å². The van der Waals surface area contributed by atoms with Gasteiger partial charge < -0.3 is 5.32 Å². The number of rotatable bonds is 3. The Morgan fingerprint density at radius 1 is 1.56 bits per heavy atom. The van der Waals surface area contributed by atoms with Gasteiger partial charge in [0.2, 0.25) is 0 Å². The highest BCUT2D eigenvalue weighted by molar-refractivity contribution is 5.92. The lowest BCUT2D eigenvalue weighted by molar-refractivity contribution is 0.0936. The summed E-state index contributed by atoms with van der Waals surface area (Å²) in [7, 11) is 0. The average Bonchev–Trinajstić information content (AvgIpc) is 2.29. The van der Waals surface area contributed by atoms with Crippen LogP contribution in [-0.2, 0) is 0 Å². The van der Waals surface area contributed by atoms with Crippen molar-refractivity contribution in [3.8, 4) is 12.1 Å². The Balaban J connectivity index is 2.67. The number of aromatic nitrogens is 1. The molecule has 1 atom stereocenters. The number of amides is 1. The lowest BCUT2D eigenvalue weighted by Gasteiger charge is -2.09. The molecule has 0 aliphatic carbocycles. The van der Waals surface area contributed by atoms with Crippen LogP contribution >= 0.6 is 0 Å². The van der Waals surface area contributed by atoms with Crippen LogP contribution in [-0.4, -0.2) is 16.9 Å². The van der Waals surface area contributed by atoms with Gasteiger partial charge in [0.25, 0.3) is 5.91 Å². The zero-order valence-electron chi connectivity index (χ0n) is 8.77. The van der Waals surface area contributed by atoms with E-state index in [-0.39, 0.29) is 24.1 Å². The summed E-state index contributed by atoms with van der Waals surface area (Å²) in [6.45, 7) is 1.74. The van der Waals surface area contributed by atoms with Gasteiger partial charge in [-0.15, -0.1) is 0 Å². The van der Waals surface area contributed by atoms with Crippen molar-refractivity contribution in [2.45, 2.75) is 19.4 Å². The number of pyridine rings is 1. The smallest absolute Gasteiger partial charge is 0.270 e. The van der Waals surface area contributed by atoms with Crippen LogP contribution in [0.3, 0.4) is 0 Å². The first-order valence-electron chi connectivity index (χ1n) is 4.71. The SMILES string of the molecule is CC(CC#N)NC(=O)c1ccc(C#N)cn1. The van der Waals surface area contributed by atoms with Crippen molar-refractivity contribution in [3.63, 3.8) is 0 Å². The van der Waals surface area contributed by atoms with Crippen LogP contribution in [0, 0.1) is 22.7 Å². The molecule has 16 heavy (non-hydrogen) atoms. The van der Waals surface area contributed by atoms with E-state index in [1.807, 2.05) is 12.1 Å². The molecule has 0 radical (unpaired) electrons.